The molecule has 2 aliphatic rings. The summed E-state index contributed by atoms with van der Waals surface area (Å²) in [5.74, 6) is 0.672. The SMILES string of the molecule is CC1=C(C)C(C)[C]([Ti]([NH]C2CCCCCCCCCCC2)[SiH2]c2ccccc2C)=C1C. The number of hydrogen-bond acceptors (Lipinski definition) is 1. The summed E-state index contributed by atoms with van der Waals surface area (Å²) in [4.78, 5) is 0. The first-order valence-electron chi connectivity index (χ1n) is 13.0. The van der Waals surface area contributed by atoms with Crippen LogP contribution >= 0.6 is 0 Å². The molecule has 1 aromatic rings. The van der Waals surface area contributed by atoms with Crippen molar-refractivity contribution in [3.63, 3.8) is 0 Å². The summed E-state index contributed by atoms with van der Waals surface area (Å²) in [7, 11) is -0.287. The number of benzene rings is 1. The van der Waals surface area contributed by atoms with Crippen molar-refractivity contribution in [1.82, 2.24) is 3.80 Å². The quantitative estimate of drug-likeness (QED) is 0.467. The second kappa shape index (κ2) is 12.7. The van der Waals surface area contributed by atoms with Gasteiger partial charge in [0.05, 0.1) is 0 Å². The predicted octanol–water partition coefficient (Wildman–Crippen LogP) is 6.76. The fourth-order valence-corrected chi connectivity index (χ4v) is 19.1. The van der Waals surface area contributed by atoms with E-state index in [1.165, 1.54) is 76.2 Å². The third kappa shape index (κ3) is 7.03. The average molecular weight is 473 g/mol. The topological polar surface area (TPSA) is 12.0 Å². The van der Waals surface area contributed by atoms with E-state index < -0.39 is 17.4 Å². The number of nitrogens with one attached hydrogen (secondary N) is 1. The third-order valence-corrected chi connectivity index (χ3v) is 18.9. The van der Waals surface area contributed by atoms with Crippen LogP contribution in [0.1, 0.15) is 104 Å². The van der Waals surface area contributed by atoms with Gasteiger partial charge in [0.1, 0.15) is 0 Å². The van der Waals surface area contributed by atoms with Crippen molar-refractivity contribution >= 4 is 12.6 Å². The van der Waals surface area contributed by atoms with Gasteiger partial charge in [-0.3, -0.25) is 0 Å². The number of aryl methyl sites for hydroxylation is 1. The minimum atomic E-state index is -1.51. The van der Waals surface area contributed by atoms with Crippen LogP contribution in [-0.2, 0) is 17.4 Å². The molecule has 31 heavy (non-hydrogen) atoms. The van der Waals surface area contributed by atoms with Crippen molar-refractivity contribution in [3.05, 3.63) is 50.4 Å². The maximum atomic E-state index is 4.47. The van der Waals surface area contributed by atoms with Gasteiger partial charge in [0, 0.05) is 0 Å². The normalized spacial score (nSPS) is 22.8. The second-order valence-electron chi connectivity index (χ2n) is 10.3. The molecule has 1 nitrogen and oxygen atoms in total. The molecule has 171 valence electrons. The van der Waals surface area contributed by atoms with Crippen LogP contribution in [0.2, 0.25) is 0 Å². The Morgan fingerprint density at radius 1 is 0.774 bits per heavy atom. The van der Waals surface area contributed by atoms with Crippen molar-refractivity contribution in [2.75, 3.05) is 0 Å². The van der Waals surface area contributed by atoms with Gasteiger partial charge in [-0.2, -0.15) is 0 Å². The van der Waals surface area contributed by atoms with E-state index >= 15 is 0 Å². The molecule has 0 saturated heterocycles. The van der Waals surface area contributed by atoms with Crippen molar-refractivity contribution in [3.8, 4) is 0 Å². The molecular weight excluding hydrogens is 426 g/mol. The minimum absolute atomic E-state index is 0.287. The monoisotopic (exact) mass is 472 g/mol. The van der Waals surface area contributed by atoms with E-state index in [1.807, 2.05) is 3.88 Å². The summed E-state index contributed by atoms with van der Waals surface area (Å²) in [6.45, 7) is 12.0. The Labute approximate surface area is 200 Å². The molecule has 1 unspecified atom stereocenters. The molecule has 1 atom stereocenters. The first-order chi connectivity index (χ1) is 15.0. The molecule has 1 saturated carbocycles. The van der Waals surface area contributed by atoms with Gasteiger partial charge in [-0.05, 0) is 0 Å². The van der Waals surface area contributed by atoms with Gasteiger partial charge < -0.3 is 0 Å². The summed E-state index contributed by atoms with van der Waals surface area (Å²) in [5.41, 5.74) is 6.41. The van der Waals surface area contributed by atoms with Crippen molar-refractivity contribution < 1.29 is 17.4 Å². The van der Waals surface area contributed by atoms with E-state index in [0.717, 1.165) is 6.04 Å². The van der Waals surface area contributed by atoms with Crippen LogP contribution in [0.25, 0.3) is 0 Å². The molecule has 1 N–H and O–H groups in total. The standard InChI is InChI=1S/C12H24N.C9H13.C7H9Si.Ti/c13-12-10-8-6-4-2-1-3-5-7-9-11-12;1-6-5-7(2)9(4)8(6)3;1-6-4-2-3-5-7(6)8;/h12-13H,1-11H2;6H,1-4H3;2-5H,8H2,1H3;/q-1;;;+1. The first kappa shape index (κ1) is 25.2. The zero-order chi connectivity index (χ0) is 22.2. The molecule has 0 radical (unpaired) electrons. The van der Waals surface area contributed by atoms with Crippen LogP contribution in [0.15, 0.2) is 44.9 Å². The van der Waals surface area contributed by atoms with E-state index in [4.69, 9.17) is 0 Å². The van der Waals surface area contributed by atoms with Crippen LogP contribution in [-0.4, -0.2) is 13.4 Å². The van der Waals surface area contributed by atoms with E-state index in [2.05, 4.69) is 62.7 Å². The maximum absolute atomic E-state index is 4.47. The Hall–Kier alpha value is -0.409. The van der Waals surface area contributed by atoms with Crippen molar-refractivity contribution in [2.24, 2.45) is 5.92 Å². The number of allylic oxidation sites excluding steroid dienone is 4. The second-order valence-corrected chi connectivity index (χ2v) is 18.7. The van der Waals surface area contributed by atoms with Gasteiger partial charge in [0.25, 0.3) is 0 Å². The third-order valence-electron chi connectivity index (χ3n) is 8.08. The number of hydrogen-bond donors (Lipinski definition) is 1. The molecular formula is C28H46NSiTi. The van der Waals surface area contributed by atoms with Crippen LogP contribution in [0.4, 0.5) is 0 Å². The summed E-state index contributed by atoms with van der Waals surface area (Å²) in [5, 5.41) is 1.72. The fraction of sp³-hybridized carbons (Fsp3) is 0.643. The summed E-state index contributed by atoms with van der Waals surface area (Å²) in [6.07, 6.45) is 15.9. The Balaban J connectivity index is 1.80. The van der Waals surface area contributed by atoms with Crippen LogP contribution in [0.5, 0.6) is 0 Å². The van der Waals surface area contributed by atoms with Crippen LogP contribution in [0, 0.1) is 12.8 Å². The molecule has 0 heterocycles. The summed E-state index contributed by atoms with van der Waals surface area (Å²) >= 11 is -1.51. The zero-order valence-corrected chi connectivity index (χ0v) is 23.9. The Bertz CT molecular complexity index is 769. The molecule has 0 spiro atoms. The predicted molar refractivity (Wildman–Crippen MR) is 137 cm³/mol. The molecule has 1 aromatic carbocycles. The molecule has 3 heteroatoms. The molecule has 0 aliphatic heterocycles. The molecule has 3 rings (SSSR count). The van der Waals surface area contributed by atoms with E-state index in [0.29, 0.717) is 5.92 Å². The van der Waals surface area contributed by atoms with Gasteiger partial charge in [0.2, 0.25) is 0 Å². The van der Waals surface area contributed by atoms with Gasteiger partial charge >= 0.3 is 201 Å². The first-order valence-corrected chi connectivity index (χ1v) is 19.3. The Kier molecular flexibility index (Phi) is 10.4. The summed E-state index contributed by atoms with van der Waals surface area (Å²) < 4.78 is 6.36. The van der Waals surface area contributed by atoms with Crippen LogP contribution in [0.3, 0.4) is 0 Å². The fourth-order valence-electron chi connectivity index (χ4n) is 5.63. The average Bonchev–Trinajstić information content (AvgIpc) is 2.94. The van der Waals surface area contributed by atoms with Gasteiger partial charge in [-0.1, -0.05) is 0 Å². The van der Waals surface area contributed by atoms with E-state index in [1.54, 1.807) is 21.9 Å². The van der Waals surface area contributed by atoms with E-state index in [-0.39, 0.29) is 7.39 Å². The Morgan fingerprint density at radius 2 is 1.32 bits per heavy atom. The zero-order valence-electron chi connectivity index (χ0n) is 20.9. The van der Waals surface area contributed by atoms with Gasteiger partial charge in [-0.25, -0.2) is 0 Å². The van der Waals surface area contributed by atoms with Gasteiger partial charge in [-0.15, -0.1) is 0 Å². The molecule has 0 amide bonds. The molecule has 1 fully saturated rings. The molecule has 2 aliphatic carbocycles. The molecule has 0 aromatic heterocycles. The van der Waals surface area contributed by atoms with Crippen molar-refractivity contribution in [2.45, 2.75) is 111 Å². The van der Waals surface area contributed by atoms with Crippen molar-refractivity contribution in [1.29, 1.82) is 0 Å². The number of rotatable bonds is 5. The molecule has 0 bridgehead atoms. The summed E-state index contributed by atoms with van der Waals surface area (Å²) in [6, 6.07) is 10.0. The Morgan fingerprint density at radius 3 is 1.84 bits per heavy atom. The van der Waals surface area contributed by atoms with E-state index in [9.17, 15) is 0 Å². The van der Waals surface area contributed by atoms with Gasteiger partial charge in [0.15, 0.2) is 0 Å². The van der Waals surface area contributed by atoms with Crippen LogP contribution < -0.4 is 8.99 Å².